The topological polar surface area (TPSA) is 72.4 Å². The predicted octanol–water partition coefficient (Wildman–Crippen LogP) is 2.17. The molecular formula is C12H16ClN3O2. The highest BCUT2D eigenvalue weighted by atomic mass is 35.5. The molecule has 0 aliphatic carbocycles. The Morgan fingerprint density at radius 3 is 2.72 bits per heavy atom. The zero-order chi connectivity index (χ0) is 13.1. The molecule has 0 unspecified atom stereocenters. The van der Waals surface area contributed by atoms with E-state index in [2.05, 4.69) is 4.90 Å². The zero-order valence-electron chi connectivity index (χ0n) is 10.0. The van der Waals surface area contributed by atoms with Gasteiger partial charge in [0.1, 0.15) is 5.02 Å². The molecule has 2 N–H and O–H groups in total. The second-order valence-electron chi connectivity index (χ2n) is 4.66. The van der Waals surface area contributed by atoms with Crippen LogP contribution in [-0.2, 0) is 6.54 Å². The van der Waals surface area contributed by atoms with Crippen LogP contribution in [0.25, 0.3) is 0 Å². The van der Waals surface area contributed by atoms with Crippen LogP contribution in [0, 0.1) is 10.1 Å². The van der Waals surface area contributed by atoms with Crippen LogP contribution in [0.3, 0.4) is 0 Å². The highest BCUT2D eigenvalue weighted by Gasteiger charge is 2.18. The van der Waals surface area contributed by atoms with E-state index in [1.165, 1.54) is 0 Å². The van der Waals surface area contributed by atoms with Crippen molar-refractivity contribution in [2.24, 2.45) is 5.73 Å². The van der Waals surface area contributed by atoms with Crippen LogP contribution in [0.2, 0.25) is 5.02 Å². The van der Waals surface area contributed by atoms with E-state index in [4.69, 9.17) is 17.3 Å². The van der Waals surface area contributed by atoms with Crippen molar-refractivity contribution in [3.63, 3.8) is 0 Å². The Hall–Kier alpha value is -1.17. The normalized spacial score (nSPS) is 17.9. The fourth-order valence-corrected chi connectivity index (χ4v) is 2.35. The maximum atomic E-state index is 10.8. The van der Waals surface area contributed by atoms with Crippen LogP contribution in [-0.4, -0.2) is 29.0 Å². The molecule has 5 nitrogen and oxygen atoms in total. The third-order valence-corrected chi connectivity index (χ3v) is 3.57. The van der Waals surface area contributed by atoms with Gasteiger partial charge in [-0.1, -0.05) is 17.7 Å². The van der Waals surface area contributed by atoms with Crippen LogP contribution in [0.4, 0.5) is 5.69 Å². The first-order valence-electron chi connectivity index (χ1n) is 5.97. The van der Waals surface area contributed by atoms with Gasteiger partial charge >= 0.3 is 0 Å². The number of hydrogen-bond acceptors (Lipinski definition) is 4. The summed E-state index contributed by atoms with van der Waals surface area (Å²) in [4.78, 5) is 12.6. The number of nitro benzene ring substituents is 1. The summed E-state index contributed by atoms with van der Waals surface area (Å²) in [7, 11) is 0. The van der Waals surface area contributed by atoms with Gasteiger partial charge in [-0.3, -0.25) is 15.0 Å². The van der Waals surface area contributed by atoms with Gasteiger partial charge in [-0.2, -0.15) is 0 Å². The largest absolute Gasteiger partial charge is 0.328 e. The maximum Gasteiger partial charge on any atom is 0.288 e. The molecule has 1 saturated heterocycles. The average molecular weight is 270 g/mol. The summed E-state index contributed by atoms with van der Waals surface area (Å²) in [6.45, 7) is 2.60. The van der Waals surface area contributed by atoms with Gasteiger partial charge in [-0.25, -0.2) is 0 Å². The molecule has 1 fully saturated rings. The lowest BCUT2D eigenvalue weighted by Crippen LogP contribution is -2.39. The number of nitro groups is 1. The first-order valence-corrected chi connectivity index (χ1v) is 6.35. The van der Waals surface area contributed by atoms with Crippen molar-refractivity contribution in [1.82, 2.24) is 4.90 Å². The van der Waals surface area contributed by atoms with Gasteiger partial charge in [0.2, 0.25) is 0 Å². The molecule has 0 amide bonds. The molecular weight excluding hydrogens is 254 g/mol. The Labute approximate surface area is 111 Å². The zero-order valence-corrected chi connectivity index (χ0v) is 10.8. The standard InChI is InChI=1S/C12H16ClN3O2/c13-11-2-1-9(7-12(11)16(17)18)8-15-5-3-10(14)4-6-15/h1-2,7,10H,3-6,8,14H2. The molecule has 1 aromatic carbocycles. The minimum atomic E-state index is -0.446. The number of rotatable bonds is 3. The molecule has 0 spiro atoms. The third kappa shape index (κ3) is 3.19. The summed E-state index contributed by atoms with van der Waals surface area (Å²) in [5.74, 6) is 0. The van der Waals surface area contributed by atoms with Gasteiger partial charge in [0.25, 0.3) is 5.69 Å². The van der Waals surface area contributed by atoms with Crippen molar-refractivity contribution < 1.29 is 4.92 Å². The molecule has 0 bridgehead atoms. The van der Waals surface area contributed by atoms with Crippen LogP contribution >= 0.6 is 11.6 Å². The number of nitrogens with two attached hydrogens (primary N) is 1. The van der Waals surface area contributed by atoms with Gasteiger partial charge in [0, 0.05) is 18.7 Å². The van der Waals surface area contributed by atoms with Crippen LogP contribution < -0.4 is 5.73 Å². The Bertz CT molecular complexity index is 445. The number of benzene rings is 1. The molecule has 1 aliphatic heterocycles. The second-order valence-corrected chi connectivity index (χ2v) is 5.06. The Kier molecular flexibility index (Phi) is 4.16. The summed E-state index contributed by atoms with van der Waals surface area (Å²) >= 11 is 5.78. The first kappa shape index (κ1) is 13.3. The summed E-state index contributed by atoms with van der Waals surface area (Å²) in [5, 5.41) is 11.0. The van der Waals surface area contributed by atoms with Crippen LogP contribution in [0.15, 0.2) is 18.2 Å². The quantitative estimate of drug-likeness (QED) is 0.674. The first-order chi connectivity index (χ1) is 8.56. The lowest BCUT2D eigenvalue weighted by Gasteiger charge is -2.29. The fourth-order valence-electron chi connectivity index (χ4n) is 2.17. The molecule has 1 aliphatic rings. The highest BCUT2D eigenvalue weighted by Crippen LogP contribution is 2.26. The van der Waals surface area contributed by atoms with E-state index >= 15 is 0 Å². The van der Waals surface area contributed by atoms with Gasteiger partial charge in [0.05, 0.1) is 4.92 Å². The lowest BCUT2D eigenvalue weighted by atomic mass is 10.1. The van der Waals surface area contributed by atoms with E-state index in [-0.39, 0.29) is 10.7 Å². The van der Waals surface area contributed by atoms with Crippen molar-refractivity contribution >= 4 is 17.3 Å². The fraction of sp³-hybridized carbons (Fsp3) is 0.500. The van der Waals surface area contributed by atoms with E-state index < -0.39 is 4.92 Å². The van der Waals surface area contributed by atoms with Crippen LogP contribution in [0.1, 0.15) is 18.4 Å². The monoisotopic (exact) mass is 269 g/mol. The van der Waals surface area contributed by atoms with Crippen LogP contribution in [0.5, 0.6) is 0 Å². The lowest BCUT2D eigenvalue weighted by molar-refractivity contribution is -0.384. The number of hydrogen-bond donors (Lipinski definition) is 1. The molecule has 18 heavy (non-hydrogen) atoms. The van der Waals surface area contributed by atoms with Gasteiger partial charge in [-0.05, 0) is 37.6 Å². The highest BCUT2D eigenvalue weighted by molar-refractivity contribution is 6.32. The van der Waals surface area contributed by atoms with E-state index in [0.29, 0.717) is 12.6 Å². The molecule has 0 aromatic heterocycles. The van der Waals surface area contributed by atoms with Gasteiger partial charge in [-0.15, -0.1) is 0 Å². The average Bonchev–Trinajstić information content (AvgIpc) is 2.34. The minimum absolute atomic E-state index is 0.0251. The predicted molar refractivity (Wildman–Crippen MR) is 70.6 cm³/mol. The Balaban J connectivity index is 2.05. The minimum Gasteiger partial charge on any atom is -0.328 e. The van der Waals surface area contributed by atoms with E-state index in [9.17, 15) is 10.1 Å². The van der Waals surface area contributed by atoms with E-state index in [1.807, 2.05) is 6.07 Å². The Morgan fingerprint density at radius 1 is 1.44 bits per heavy atom. The number of piperidine rings is 1. The van der Waals surface area contributed by atoms with Crippen molar-refractivity contribution in [3.8, 4) is 0 Å². The van der Waals surface area contributed by atoms with Gasteiger partial charge < -0.3 is 5.73 Å². The number of nitrogens with zero attached hydrogens (tertiary/aromatic N) is 2. The van der Waals surface area contributed by atoms with Crippen molar-refractivity contribution in [2.75, 3.05) is 13.1 Å². The third-order valence-electron chi connectivity index (χ3n) is 3.25. The molecule has 98 valence electrons. The molecule has 1 heterocycles. The summed E-state index contributed by atoms with van der Waals surface area (Å²) in [5.41, 5.74) is 6.73. The van der Waals surface area contributed by atoms with Crippen molar-refractivity contribution in [3.05, 3.63) is 38.9 Å². The summed E-state index contributed by atoms with van der Waals surface area (Å²) < 4.78 is 0. The van der Waals surface area contributed by atoms with Crippen molar-refractivity contribution in [2.45, 2.75) is 25.4 Å². The van der Waals surface area contributed by atoms with E-state index in [1.54, 1.807) is 12.1 Å². The second kappa shape index (κ2) is 5.65. The molecule has 0 radical (unpaired) electrons. The molecule has 0 atom stereocenters. The van der Waals surface area contributed by atoms with Crippen molar-refractivity contribution in [1.29, 1.82) is 0 Å². The number of likely N-dealkylation sites (tertiary alicyclic amines) is 1. The maximum absolute atomic E-state index is 10.8. The Morgan fingerprint density at radius 2 is 2.11 bits per heavy atom. The SMILES string of the molecule is NC1CCN(Cc2ccc(Cl)c([N+](=O)[O-])c2)CC1. The van der Waals surface area contributed by atoms with Gasteiger partial charge in [0.15, 0.2) is 0 Å². The summed E-state index contributed by atoms with van der Waals surface area (Å²) in [6.07, 6.45) is 1.96. The van der Waals surface area contributed by atoms with E-state index in [0.717, 1.165) is 31.5 Å². The smallest absolute Gasteiger partial charge is 0.288 e. The molecule has 6 heteroatoms. The number of halogens is 1. The summed E-state index contributed by atoms with van der Waals surface area (Å²) in [6, 6.07) is 5.27. The molecule has 1 aromatic rings. The molecule has 0 saturated carbocycles. The molecule has 2 rings (SSSR count).